The van der Waals surface area contributed by atoms with Crippen LogP contribution >= 0.6 is 0 Å². The van der Waals surface area contributed by atoms with E-state index in [-0.39, 0.29) is 12.5 Å². The summed E-state index contributed by atoms with van der Waals surface area (Å²) in [6.07, 6.45) is 0. The number of rotatable bonds is 2. The van der Waals surface area contributed by atoms with E-state index in [0.29, 0.717) is 24.3 Å². The second-order valence-electron chi connectivity index (χ2n) is 4.31. The Morgan fingerprint density at radius 3 is 3.00 bits per heavy atom. The third-order valence-corrected chi connectivity index (χ3v) is 3.10. The first-order chi connectivity index (χ1) is 9.67. The molecule has 1 amide bonds. The molecule has 1 atom stereocenters. The first kappa shape index (κ1) is 14.0. The Morgan fingerprint density at radius 1 is 1.50 bits per heavy atom. The molecule has 1 unspecified atom stereocenters. The third-order valence-electron chi connectivity index (χ3n) is 3.10. The second kappa shape index (κ2) is 6.17. The Kier molecular flexibility index (Phi) is 4.33. The van der Waals surface area contributed by atoms with Gasteiger partial charge in [0.15, 0.2) is 6.04 Å². The maximum Gasteiger partial charge on any atom is 0.331 e. The molecule has 0 aliphatic carbocycles. The van der Waals surface area contributed by atoms with Gasteiger partial charge in [0.2, 0.25) is 0 Å². The number of carbonyl (C=O) groups excluding carboxylic acids is 2. The summed E-state index contributed by atoms with van der Waals surface area (Å²) in [6.45, 7) is 0.808. The van der Waals surface area contributed by atoms with E-state index in [9.17, 15) is 9.59 Å². The fourth-order valence-corrected chi connectivity index (χ4v) is 2.07. The number of amides is 1. The third kappa shape index (κ3) is 2.78. The van der Waals surface area contributed by atoms with Gasteiger partial charge in [0.05, 0.1) is 32.0 Å². The van der Waals surface area contributed by atoms with Crippen LogP contribution in [0.3, 0.4) is 0 Å². The Morgan fingerprint density at radius 2 is 2.30 bits per heavy atom. The number of benzene rings is 1. The lowest BCUT2D eigenvalue weighted by molar-refractivity contribution is -0.151. The van der Waals surface area contributed by atoms with Gasteiger partial charge in [0.25, 0.3) is 5.91 Å². The lowest BCUT2D eigenvalue weighted by Gasteiger charge is -2.33. The number of ether oxygens (including phenoxy) is 2. The molecule has 0 bridgehead atoms. The van der Waals surface area contributed by atoms with Crippen molar-refractivity contribution >= 4 is 11.9 Å². The molecule has 0 aromatic heterocycles. The minimum Gasteiger partial charge on any atom is -0.467 e. The van der Waals surface area contributed by atoms with Gasteiger partial charge in [-0.15, -0.1) is 0 Å². The molecule has 104 valence electrons. The van der Waals surface area contributed by atoms with Gasteiger partial charge in [0, 0.05) is 12.1 Å². The largest absolute Gasteiger partial charge is 0.467 e. The van der Waals surface area contributed by atoms with E-state index in [4.69, 9.17) is 10.00 Å². The standard InChI is InChI=1S/C14H14N2O4/c1-19-14(18)12-9-20-6-5-16(12)13(17)11-4-2-3-10(7-11)8-15/h2-4,7,12H,5-6,9H2,1H3. The van der Waals surface area contributed by atoms with Crippen molar-refractivity contribution in [1.82, 2.24) is 4.90 Å². The summed E-state index contributed by atoms with van der Waals surface area (Å²) < 4.78 is 9.90. The molecule has 1 fully saturated rings. The molecule has 1 saturated heterocycles. The number of hydrogen-bond donors (Lipinski definition) is 0. The highest BCUT2D eigenvalue weighted by Gasteiger charge is 2.34. The van der Waals surface area contributed by atoms with Gasteiger partial charge in [-0.2, -0.15) is 5.26 Å². The van der Waals surface area contributed by atoms with E-state index >= 15 is 0 Å². The van der Waals surface area contributed by atoms with Gasteiger partial charge >= 0.3 is 5.97 Å². The van der Waals surface area contributed by atoms with Crippen molar-refractivity contribution in [2.75, 3.05) is 26.9 Å². The van der Waals surface area contributed by atoms with Crippen LogP contribution < -0.4 is 0 Å². The Balaban J connectivity index is 2.25. The lowest BCUT2D eigenvalue weighted by atomic mass is 10.1. The predicted octanol–water partition coefficient (Wildman–Crippen LogP) is 0.572. The summed E-state index contributed by atoms with van der Waals surface area (Å²) in [6, 6.07) is 7.62. The van der Waals surface area contributed by atoms with Crippen molar-refractivity contribution in [3.8, 4) is 6.07 Å². The number of esters is 1. The summed E-state index contributed by atoms with van der Waals surface area (Å²) in [5.41, 5.74) is 0.776. The highest BCUT2D eigenvalue weighted by Crippen LogP contribution is 2.14. The first-order valence-corrected chi connectivity index (χ1v) is 6.14. The molecule has 0 spiro atoms. The SMILES string of the molecule is COC(=O)C1COCCN1C(=O)c1cccc(C#N)c1. The molecule has 0 N–H and O–H groups in total. The van der Waals surface area contributed by atoms with Crippen LogP contribution in [-0.4, -0.2) is 49.7 Å². The number of morpholine rings is 1. The predicted molar refractivity (Wildman–Crippen MR) is 68.8 cm³/mol. The number of nitrogens with zero attached hydrogens (tertiary/aromatic N) is 2. The molecular formula is C14H14N2O4. The van der Waals surface area contributed by atoms with E-state index in [1.54, 1.807) is 18.2 Å². The van der Waals surface area contributed by atoms with Crippen molar-refractivity contribution in [3.05, 3.63) is 35.4 Å². The summed E-state index contributed by atoms with van der Waals surface area (Å²) in [5, 5.41) is 8.86. The van der Waals surface area contributed by atoms with Crippen molar-refractivity contribution in [2.24, 2.45) is 0 Å². The quantitative estimate of drug-likeness (QED) is 0.737. The topological polar surface area (TPSA) is 79.6 Å². The Bertz CT molecular complexity index is 565. The van der Waals surface area contributed by atoms with Gasteiger partial charge in [-0.1, -0.05) is 6.07 Å². The number of nitriles is 1. The number of hydrogen-bond acceptors (Lipinski definition) is 5. The molecule has 6 heteroatoms. The van der Waals surface area contributed by atoms with Gasteiger partial charge < -0.3 is 14.4 Å². The average Bonchev–Trinajstić information content (AvgIpc) is 2.53. The molecule has 0 radical (unpaired) electrons. The Labute approximate surface area is 116 Å². The number of carbonyl (C=O) groups is 2. The van der Waals surface area contributed by atoms with Crippen molar-refractivity contribution in [3.63, 3.8) is 0 Å². The monoisotopic (exact) mass is 274 g/mol. The minimum absolute atomic E-state index is 0.121. The van der Waals surface area contributed by atoms with E-state index in [2.05, 4.69) is 4.74 Å². The van der Waals surface area contributed by atoms with E-state index < -0.39 is 12.0 Å². The zero-order chi connectivity index (χ0) is 14.5. The van der Waals surface area contributed by atoms with Crippen LogP contribution in [0.2, 0.25) is 0 Å². The normalized spacial score (nSPS) is 18.2. The zero-order valence-electron chi connectivity index (χ0n) is 11.0. The van der Waals surface area contributed by atoms with Crippen LogP contribution in [0, 0.1) is 11.3 Å². The van der Waals surface area contributed by atoms with E-state index in [0.717, 1.165) is 0 Å². The van der Waals surface area contributed by atoms with Crippen molar-refractivity contribution < 1.29 is 19.1 Å². The fraction of sp³-hybridized carbons (Fsp3) is 0.357. The molecule has 1 heterocycles. The molecule has 1 aromatic carbocycles. The maximum absolute atomic E-state index is 12.5. The van der Waals surface area contributed by atoms with Crippen LogP contribution in [0.4, 0.5) is 0 Å². The summed E-state index contributed by atoms with van der Waals surface area (Å²) in [5.74, 6) is -0.810. The van der Waals surface area contributed by atoms with Gasteiger partial charge in [-0.25, -0.2) is 4.79 Å². The molecule has 1 aliphatic rings. The number of methoxy groups -OCH3 is 1. The molecule has 2 rings (SSSR count). The highest BCUT2D eigenvalue weighted by atomic mass is 16.5. The van der Waals surface area contributed by atoms with Crippen LogP contribution in [0.5, 0.6) is 0 Å². The van der Waals surface area contributed by atoms with Crippen LogP contribution in [0.1, 0.15) is 15.9 Å². The summed E-state index contributed by atoms with van der Waals surface area (Å²) in [7, 11) is 1.27. The Hall–Kier alpha value is -2.39. The molecule has 1 aliphatic heterocycles. The van der Waals surface area contributed by atoms with Gasteiger partial charge in [-0.05, 0) is 18.2 Å². The van der Waals surface area contributed by atoms with E-state index in [1.165, 1.54) is 18.1 Å². The molecule has 6 nitrogen and oxygen atoms in total. The van der Waals surface area contributed by atoms with Crippen molar-refractivity contribution in [1.29, 1.82) is 5.26 Å². The zero-order valence-corrected chi connectivity index (χ0v) is 11.0. The lowest BCUT2D eigenvalue weighted by Crippen LogP contribution is -2.53. The van der Waals surface area contributed by atoms with Crippen LogP contribution in [0.15, 0.2) is 24.3 Å². The summed E-state index contributed by atoms with van der Waals surface area (Å²) >= 11 is 0. The summed E-state index contributed by atoms with van der Waals surface area (Å²) in [4.78, 5) is 25.6. The average molecular weight is 274 g/mol. The van der Waals surface area contributed by atoms with Gasteiger partial charge in [-0.3, -0.25) is 4.79 Å². The molecule has 0 saturated carbocycles. The first-order valence-electron chi connectivity index (χ1n) is 6.14. The fourth-order valence-electron chi connectivity index (χ4n) is 2.07. The van der Waals surface area contributed by atoms with Crippen LogP contribution in [-0.2, 0) is 14.3 Å². The van der Waals surface area contributed by atoms with Crippen molar-refractivity contribution in [2.45, 2.75) is 6.04 Å². The molecule has 1 aromatic rings. The minimum atomic E-state index is -0.744. The van der Waals surface area contributed by atoms with E-state index in [1.807, 2.05) is 6.07 Å². The second-order valence-corrected chi connectivity index (χ2v) is 4.31. The van der Waals surface area contributed by atoms with Gasteiger partial charge in [0.1, 0.15) is 0 Å². The maximum atomic E-state index is 12.5. The molecule has 20 heavy (non-hydrogen) atoms. The smallest absolute Gasteiger partial charge is 0.331 e. The highest BCUT2D eigenvalue weighted by molar-refractivity contribution is 5.97. The molecular weight excluding hydrogens is 260 g/mol. The van der Waals surface area contributed by atoms with Crippen LogP contribution in [0.25, 0.3) is 0 Å².